The summed E-state index contributed by atoms with van der Waals surface area (Å²) in [5.74, 6) is 0. The maximum Gasteiger partial charge on any atom is 0.0590 e. The highest BCUT2D eigenvalue weighted by Gasteiger charge is 2.19. The molecule has 0 bridgehead atoms. The van der Waals surface area contributed by atoms with E-state index in [1.54, 1.807) is 0 Å². The first kappa shape index (κ1) is 16.0. The third-order valence-corrected chi connectivity index (χ3v) is 5.06. The molecule has 1 nitrogen and oxygen atoms in total. The number of halogens is 2. The molecule has 2 rings (SSSR count). The molecule has 0 aliphatic rings. The monoisotopic (exact) mass is 443 g/mol. The van der Waals surface area contributed by atoms with Gasteiger partial charge in [0.2, 0.25) is 0 Å². The van der Waals surface area contributed by atoms with Crippen LogP contribution in [0.4, 0.5) is 0 Å². The van der Waals surface area contributed by atoms with Crippen molar-refractivity contribution in [2.75, 3.05) is 7.05 Å². The second-order valence-corrected chi connectivity index (χ2v) is 7.28. The average molecular weight is 444 g/mol. The summed E-state index contributed by atoms with van der Waals surface area (Å²) in [7, 11) is 2.03. The molecule has 106 valence electrons. The molecule has 0 aromatic heterocycles. The third kappa shape index (κ3) is 3.26. The van der Waals surface area contributed by atoms with Gasteiger partial charge in [0, 0.05) is 8.04 Å². The Bertz CT molecular complexity index is 614. The van der Waals surface area contributed by atoms with E-state index in [1.807, 2.05) is 7.05 Å². The fourth-order valence-corrected chi connectivity index (χ4v) is 3.86. The highest BCUT2D eigenvalue weighted by molar-refractivity contribution is 14.1. The Morgan fingerprint density at radius 3 is 2.20 bits per heavy atom. The number of hydrogen-bond donors (Lipinski definition) is 1. The van der Waals surface area contributed by atoms with E-state index in [1.165, 1.54) is 31.4 Å². The molecule has 1 unspecified atom stereocenters. The number of rotatable bonds is 3. The highest BCUT2D eigenvalue weighted by atomic mass is 127. The largest absolute Gasteiger partial charge is 0.309 e. The predicted octanol–water partition coefficient (Wildman–Crippen LogP) is 5.29. The Morgan fingerprint density at radius 1 is 1.05 bits per heavy atom. The van der Waals surface area contributed by atoms with Gasteiger partial charge in [0.25, 0.3) is 0 Å². The van der Waals surface area contributed by atoms with Crippen molar-refractivity contribution in [2.45, 2.75) is 26.8 Å². The Morgan fingerprint density at radius 2 is 1.65 bits per heavy atom. The van der Waals surface area contributed by atoms with E-state index < -0.39 is 0 Å². The lowest BCUT2D eigenvalue weighted by atomic mass is 9.90. The van der Waals surface area contributed by atoms with Gasteiger partial charge in [-0.25, -0.2) is 0 Å². The van der Waals surface area contributed by atoms with Crippen LogP contribution in [-0.2, 0) is 0 Å². The first-order valence-electron chi connectivity index (χ1n) is 6.64. The van der Waals surface area contributed by atoms with Crippen LogP contribution in [0.5, 0.6) is 0 Å². The highest BCUT2D eigenvalue weighted by Crippen LogP contribution is 2.32. The molecule has 0 amide bonds. The van der Waals surface area contributed by atoms with Gasteiger partial charge in [-0.3, -0.25) is 0 Å². The smallest absolute Gasteiger partial charge is 0.0590 e. The van der Waals surface area contributed by atoms with Gasteiger partial charge in [-0.2, -0.15) is 0 Å². The zero-order valence-corrected chi connectivity index (χ0v) is 16.0. The quantitative estimate of drug-likeness (QED) is 0.635. The minimum Gasteiger partial charge on any atom is -0.309 e. The number of nitrogens with one attached hydrogen (secondary N) is 1. The van der Waals surface area contributed by atoms with Crippen molar-refractivity contribution in [3.05, 3.63) is 66.2 Å². The van der Waals surface area contributed by atoms with E-state index in [-0.39, 0.29) is 6.04 Å². The van der Waals surface area contributed by atoms with Crippen molar-refractivity contribution in [2.24, 2.45) is 0 Å². The summed E-state index contributed by atoms with van der Waals surface area (Å²) < 4.78 is 2.40. The molecule has 2 aromatic carbocycles. The first-order chi connectivity index (χ1) is 9.43. The summed E-state index contributed by atoms with van der Waals surface area (Å²) in [5.41, 5.74) is 6.71. The van der Waals surface area contributed by atoms with Crippen molar-refractivity contribution in [3.8, 4) is 0 Å². The van der Waals surface area contributed by atoms with E-state index in [9.17, 15) is 0 Å². The van der Waals surface area contributed by atoms with E-state index in [2.05, 4.69) is 94.9 Å². The van der Waals surface area contributed by atoms with Gasteiger partial charge >= 0.3 is 0 Å². The normalized spacial score (nSPS) is 12.5. The zero-order valence-electron chi connectivity index (χ0n) is 12.2. The molecule has 20 heavy (non-hydrogen) atoms. The summed E-state index contributed by atoms with van der Waals surface area (Å²) in [5, 5.41) is 3.48. The van der Waals surface area contributed by atoms with Gasteiger partial charge in [0.15, 0.2) is 0 Å². The van der Waals surface area contributed by atoms with Crippen molar-refractivity contribution in [1.82, 2.24) is 5.32 Å². The Kier molecular flexibility index (Phi) is 5.26. The molecular weight excluding hydrogens is 425 g/mol. The van der Waals surface area contributed by atoms with Crippen LogP contribution in [0.2, 0.25) is 0 Å². The van der Waals surface area contributed by atoms with Crippen molar-refractivity contribution in [1.29, 1.82) is 0 Å². The number of aryl methyl sites for hydroxylation is 3. The molecular formula is C17H19BrIN. The van der Waals surface area contributed by atoms with Crippen LogP contribution in [-0.4, -0.2) is 7.05 Å². The van der Waals surface area contributed by atoms with Gasteiger partial charge in [-0.15, -0.1) is 0 Å². The van der Waals surface area contributed by atoms with Crippen LogP contribution in [0.3, 0.4) is 0 Å². The Labute approximate surface area is 143 Å². The average Bonchev–Trinajstić information content (AvgIpc) is 2.37. The lowest BCUT2D eigenvalue weighted by Gasteiger charge is -2.23. The molecule has 1 N–H and O–H groups in total. The van der Waals surface area contributed by atoms with Gasteiger partial charge in [-0.1, -0.05) is 33.6 Å². The van der Waals surface area contributed by atoms with Gasteiger partial charge < -0.3 is 5.32 Å². The van der Waals surface area contributed by atoms with E-state index in [4.69, 9.17) is 0 Å². The molecule has 0 aliphatic heterocycles. The SMILES string of the molecule is CNC(c1cc(Br)ccc1I)c1c(C)cc(C)cc1C. The van der Waals surface area contributed by atoms with E-state index in [0.29, 0.717) is 0 Å². The van der Waals surface area contributed by atoms with Gasteiger partial charge in [-0.05, 0) is 90.9 Å². The van der Waals surface area contributed by atoms with Crippen LogP contribution in [0.25, 0.3) is 0 Å². The van der Waals surface area contributed by atoms with Crippen LogP contribution in [0.15, 0.2) is 34.8 Å². The maximum absolute atomic E-state index is 3.58. The van der Waals surface area contributed by atoms with E-state index >= 15 is 0 Å². The lowest BCUT2D eigenvalue weighted by Crippen LogP contribution is -2.21. The van der Waals surface area contributed by atoms with E-state index in [0.717, 1.165) is 4.47 Å². The van der Waals surface area contributed by atoms with Crippen molar-refractivity contribution >= 4 is 38.5 Å². The molecule has 0 fully saturated rings. The van der Waals surface area contributed by atoms with Crippen LogP contribution in [0, 0.1) is 24.3 Å². The van der Waals surface area contributed by atoms with Crippen LogP contribution < -0.4 is 5.32 Å². The minimum atomic E-state index is 0.222. The molecule has 1 atom stereocenters. The van der Waals surface area contributed by atoms with Crippen molar-refractivity contribution < 1.29 is 0 Å². The summed E-state index contributed by atoms with van der Waals surface area (Å²) in [6.07, 6.45) is 0. The number of hydrogen-bond acceptors (Lipinski definition) is 1. The second kappa shape index (κ2) is 6.58. The lowest BCUT2D eigenvalue weighted by molar-refractivity contribution is 0.679. The molecule has 0 aliphatic carbocycles. The minimum absolute atomic E-state index is 0.222. The standard InChI is InChI=1S/C17H19BrIN/c1-10-7-11(2)16(12(3)8-10)17(20-4)14-9-13(18)5-6-15(14)19/h5-9,17,20H,1-4H3. The molecule has 0 spiro atoms. The van der Waals surface area contributed by atoms with Gasteiger partial charge in [0.1, 0.15) is 0 Å². The molecule has 0 heterocycles. The Balaban J connectivity index is 2.61. The maximum atomic E-state index is 3.58. The first-order valence-corrected chi connectivity index (χ1v) is 8.51. The zero-order chi connectivity index (χ0) is 14.9. The molecule has 0 radical (unpaired) electrons. The third-order valence-electron chi connectivity index (χ3n) is 3.58. The van der Waals surface area contributed by atoms with Crippen molar-refractivity contribution in [3.63, 3.8) is 0 Å². The Hall–Kier alpha value is -0.390. The van der Waals surface area contributed by atoms with Gasteiger partial charge in [0.05, 0.1) is 6.04 Å². The second-order valence-electron chi connectivity index (χ2n) is 5.20. The molecule has 2 aromatic rings. The number of benzene rings is 2. The summed E-state index contributed by atoms with van der Waals surface area (Å²) in [6, 6.07) is 11.2. The summed E-state index contributed by atoms with van der Waals surface area (Å²) in [6.45, 7) is 6.55. The predicted molar refractivity (Wildman–Crippen MR) is 98.4 cm³/mol. The molecule has 3 heteroatoms. The molecule has 0 saturated carbocycles. The fraction of sp³-hybridized carbons (Fsp3) is 0.294. The molecule has 0 saturated heterocycles. The fourth-order valence-electron chi connectivity index (χ4n) is 2.84. The van der Waals surface area contributed by atoms with Crippen LogP contribution in [0.1, 0.15) is 33.9 Å². The summed E-state index contributed by atoms with van der Waals surface area (Å²) >= 11 is 6.00. The topological polar surface area (TPSA) is 12.0 Å². The van der Waals surface area contributed by atoms with Crippen LogP contribution >= 0.6 is 38.5 Å². The summed E-state index contributed by atoms with van der Waals surface area (Å²) in [4.78, 5) is 0.